The van der Waals surface area contributed by atoms with Crippen LogP contribution < -0.4 is 0 Å². The molecule has 1 aromatic rings. The average molecular weight is 438 g/mol. The lowest BCUT2D eigenvalue weighted by atomic mass is 9.93. The number of aromatic nitrogens is 1. The molecule has 0 aromatic carbocycles. The van der Waals surface area contributed by atoms with Crippen molar-refractivity contribution in [1.29, 1.82) is 0 Å². The number of carboxylic acid groups (broad SMARTS) is 1. The van der Waals surface area contributed by atoms with Gasteiger partial charge in [0.25, 0.3) is 0 Å². The highest BCUT2D eigenvalue weighted by molar-refractivity contribution is 8.01. The molecule has 1 amide bonds. The first kappa shape index (κ1) is 22.8. The zero-order valence-electron chi connectivity index (χ0n) is 15.1. The molecule has 1 unspecified atom stereocenters. The lowest BCUT2D eigenvalue weighted by Crippen LogP contribution is -2.61. The number of carbonyl (C=O) groups is 2. The predicted molar refractivity (Wildman–Crippen MR) is 101 cm³/mol. The Morgan fingerprint density at radius 1 is 1.46 bits per heavy atom. The zero-order chi connectivity index (χ0) is 20.8. The van der Waals surface area contributed by atoms with Crippen LogP contribution >= 0.6 is 23.5 Å². The number of nitrogens with zero attached hydrogens (tertiary/aromatic N) is 2. The Bertz CT molecular complexity index is 670. The van der Waals surface area contributed by atoms with Crippen molar-refractivity contribution in [3.63, 3.8) is 0 Å². The van der Waals surface area contributed by atoms with Crippen LogP contribution in [0.1, 0.15) is 12.0 Å². The van der Waals surface area contributed by atoms with Crippen LogP contribution in [0.4, 0.5) is 13.2 Å². The van der Waals surface area contributed by atoms with Crippen LogP contribution in [-0.4, -0.2) is 74.7 Å². The molecule has 3 rings (SSSR count). The first-order valence-electron chi connectivity index (χ1n) is 8.36. The molecule has 6 nitrogen and oxygen atoms in total. The Labute approximate surface area is 169 Å². The number of pyridine rings is 1. The number of amides is 1. The molecule has 1 atom stereocenters. The fourth-order valence-electron chi connectivity index (χ4n) is 2.87. The van der Waals surface area contributed by atoms with Gasteiger partial charge in [-0.3, -0.25) is 9.78 Å². The predicted octanol–water partition coefficient (Wildman–Crippen LogP) is 2.68. The van der Waals surface area contributed by atoms with E-state index >= 15 is 0 Å². The summed E-state index contributed by atoms with van der Waals surface area (Å²) in [6.07, 6.45) is 1.87. The summed E-state index contributed by atoms with van der Waals surface area (Å²) in [5.74, 6) is -0.854. The molecule has 2 fully saturated rings. The first-order valence-corrected chi connectivity index (χ1v) is 10.7. The van der Waals surface area contributed by atoms with Crippen LogP contribution in [0.3, 0.4) is 0 Å². The Kier molecular flexibility index (Phi) is 8.02. The van der Waals surface area contributed by atoms with E-state index in [-0.39, 0.29) is 10.7 Å². The van der Waals surface area contributed by atoms with Gasteiger partial charge in [0.1, 0.15) is 0 Å². The molecule has 0 aliphatic carbocycles. The van der Waals surface area contributed by atoms with Gasteiger partial charge < -0.3 is 14.7 Å². The number of ether oxygens (including phenoxy) is 1. The number of carbonyl (C=O) groups excluding carboxylic acids is 1. The van der Waals surface area contributed by atoms with E-state index in [1.54, 1.807) is 18.0 Å². The van der Waals surface area contributed by atoms with Gasteiger partial charge in [0.05, 0.1) is 23.2 Å². The second kappa shape index (κ2) is 9.84. The molecule has 0 saturated carbocycles. The molecule has 2 aliphatic heterocycles. The summed E-state index contributed by atoms with van der Waals surface area (Å²) in [5.41, 5.74) is 1.12. The third-order valence-corrected chi connectivity index (χ3v) is 6.32. The van der Waals surface area contributed by atoms with E-state index < -0.39 is 12.1 Å². The van der Waals surface area contributed by atoms with Crippen LogP contribution in [0.5, 0.6) is 0 Å². The Morgan fingerprint density at radius 2 is 2.14 bits per heavy atom. The van der Waals surface area contributed by atoms with Gasteiger partial charge in [-0.1, -0.05) is 6.07 Å². The van der Waals surface area contributed by atoms with E-state index in [2.05, 4.69) is 4.98 Å². The summed E-state index contributed by atoms with van der Waals surface area (Å²) in [6.45, 7) is 2.41. The quantitative estimate of drug-likeness (QED) is 0.757. The number of halogens is 3. The number of carboxylic acids is 1. The molecular weight excluding hydrogens is 417 g/mol. The molecule has 1 N–H and O–H groups in total. The van der Waals surface area contributed by atoms with E-state index in [4.69, 9.17) is 14.6 Å². The van der Waals surface area contributed by atoms with E-state index in [1.165, 1.54) is 0 Å². The monoisotopic (exact) mass is 438 g/mol. The largest absolute Gasteiger partial charge is 0.490 e. The normalized spacial score (nSPS) is 20.3. The second-order valence-electron chi connectivity index (χ2n) is 6.48. The third-order valence-electron chi connectivity index (χ3n) is 4.20. The van der Waals surface area contributed by atoms with E-state index in [1.807, 2.05) is 41.2 Å². The van der Waals surface area contributed by atoms with Crippen molar-refractivity contribution >= 4 is 35.4 Å². The van der Waals surface area contributed by atoms with Gasteiger partial charge in [-0.2, -0.15) is 24.9 Å². The molecule has 0 radical (unpaired) electrons. The van der Waals surface area contributed by atoms with Gasteiger partial charge >= 0.3 is 12.1 Å². The fraction of sp³-hybridized carbons (Fsp3) is 0.588. The summed E-state index contributed by atoms with van der Waals surface area (Å²) in [5, 5.41) is 7.12. The van der Waals surface area contributed by atoms with Gasteiger partial charge in [-0.15, -0.1) is 11.8 Å². The fourth-order valence-corrected chi connectivity index (χ4v) is 4.85. The van der Waals surface area contributed by atoms with Gasteiger partial charge in [-0.25, -0.2) is 4.79 Å². The molecule has 0 bridgehead atoms. The van der Waals surface area contributed by atoms with Crippen molar-refractivity contribution in [2.45, 2.75) is 30.1 Å². The molecule has 11 heteroatoms. The van der Waals surface area contributed by atoms with E-state index in [9.17, 15) is 18.0 Å². The molecule has 2 aliphatic rings. The van der Waals surface area contributed by atoms with Gasteiger partial charge in [-0.05, 0) is 24.3 Å². The third kappa shape index (κ3) is 6.56. The van der Waals surface area contributed by atoms with Crippen molar-refractivity contribution in [1.82, 2.24) is 9.88 Å². The first-order chi connectivity index (χ1) is 13.1. The van der Waals surface area contributed by atoms with Gasteiger partial charge in [0.15, 0.2) is 0 Å². The second-order valence-corrected chi connectivity index (χ2v) is 8.83. The number of rotatable bonds is 5. The van der Waals surface area contributed by atoms with Crippen LogP contribution in [-0.2, 0) is 20.9 Å². The van der Waals surface area contributed by atoms with Crippen molar-refractivity contribution in [2.75, 3.05) is 30.9 Å². The summed E-state index contributed by atoms with van der Waals surface area (Å²) in [7, 11) is 0. The number of hydrogen-bond acceptors (Lipinski definition) is 6. The number of likely N-dealkylation sites (tertiary alicyclic amines) is 1. The Balaban J connectivity index is 0.000000345. The maximum Gasteiger partial charge on any atom is 0.490 e. The van der Waals surface area contributed by atoms with Crippen molar-refractivity contribution in [3.8, 4) is 0 Å². The summed E-state index contributed by atoms with van der Waals surface area (Å²) < 4.78 is 38.0. The maximum atomic E-state index is 11.8. The van der Waals surface area contributed by atoms with Crippen LogP contribution in [0.15, 0.2) is 24.5 Å². The van der Waals surface area contributed by atoms with Crippen molar-refractivity contribution in [2.24, 2.45) is 0 Å². The zero-order valence-corrected chi connectivity index (χ0v) is 16.8. The van der Waals surface area contributed by atoms with Crippen LogP contribution in [0, 0.1) is 0 Å². The van der Waals surface area contributed by atoms with Crippen molar-refractivity contribution < 1.29 is 32.6 Å². The van der Waals surface area contributed by atoms with Gasteiger partial charge in [0.2, 0.25) is 5.91 Å². The minimum absolute atomic E-state index is 0.258. The van der Waals surface area contributed by atoms with Crippen LogP contribution in [0.25, 0.3) is 0 Å². The minimum atomic E-state index is -5.08. The molecular formula is C17H21F3N2O4S2. The molecule has 2 saturated heterocycles. The van der Waals surface area contributed by atoms with E-state index in [0.717, 1.165) is 30.8 Å². The molecule has 156 valence electrons. The summed E-state index contributed by atoms with van der Waals surface area (Å²) >= 11 is 3.57. The molecule has 1 spiro atoms. The Hall–Kier alpha value is -1.46. The molecule has 1 aromatic heterocycles. The number of aliphatic carboxylic acids is 1. The van der Waals surface area contributed by atoms with Crippen LogP contribution in [0.2, 0.25) is 0 Å². The van der Waals surface area contributed by atoms with Crippen molar-refractivity contribution in [3.05, 3.63) is 30.1 Å². The minimum Gasteiger partial charge on any atom is -0.475 e. The topological polar surface area (TPSA) is 79.7 Å². The highest BCUT2D eigenvalue weighted by Gasteiger charge is 2.50. The molecule has 28 heavy (non-hydrogen) atoms. The highest BCUT2D eigenvalue weighted by Crippen LogP contribution is 2.46. The smallest absolute Gasteiger partial charge is 0.475 e. The average Bonchev–Trinajstić information content (AvgIpc) is 3.04. The van der Waals surface area contributed by atoms with E-state index in [0.29, 0.717) is 18.5 Å². The summed E-state index contributed by atoms with van der Waals surface area (Å²) in [6, 6.07) is 3.97. The standard InChI is InChI=1S/C15H20N2O2S2.C2HF3O2/c1-20-9-14(18)17-10-15(11-17)5-13(8-21-15)19-7-12-3-2-4-16-6-12;3-2(4,5)1(6)7/h2-4,6,13H,5,7-11H2,1H3;(H,6,7). The maximum absolute atomic E-state index is 11.8. The lowest BCUT2D eigenvalue weighted by molar-refractivity contribution is -0.192. The lowest BCUT2D eigenvalue weighted by Gasteiger charge is -2.47. The molecule has 3 heterocycles. The SMILES string of the molecule is CSCC(=O)N1CC2(CC(OCc3cccnc3)CS2)C1.O=C(O)C(F)(F)F. The number of alkyl halides is 3. The highest BCUT2D eigenvalue weighted by atomic mass is 32.2. The van der Waals surface area contributed by atoms with Gasteiger partial charge in [0, 0.05) is 31.2 Å². The number of hydrogen-bond donors (Lipinski definition) is 1. The summed E-state index contributed by atoms with van der Waals surface area (Å²) in [4.78, 5) is 26.8. The number of thioether (sulfide) groups is 2. The Morgan fingerprint density at radius 3 is 2.68 bits per heavy atom.